The number of aromatic nitrogens is 1. The molecule has 3 fully saturated rings. The summed E-state index contributed by atoms with van der Waals surface area (Å²) in [5, 5.41) is 11.2. The van der Waals surface area contributed by atoms with Gasteiger partial charge in [-0.3, -0.25) is 9.69 Å². The Kier molecular flexibility index (Phi) is 5.36. The lowest BCUT2D eigenvalue weighted by atomic mass is 9.83. The average Bonchev–Trinajstić information content (AvgIpc) is 3.35. The zero-order chi connectivity index (χ0) is 21.8. The predicted molar refractivity (Wildman–Crippen MR) is 122 cm³/mol. The summed E-state index contributed by atoms with van der Waals surface area (Å²) in [4.78, 5) is 21.0. The first kappa shape index (κ1) is 20.8. The number of ether oxygens (including phenoxy) is 2. The number of aliphatic hydroxyl groups excluding tert-OH is 1. The number of amides is 1. The van der Waals surface area contributed by atoms with E-state index in [0.29, 0.717) is 24.5 Å². The lowest BCUT2D eigenvalue weighted by molar-refractivity contribution is -0.153. The molecule has 4 heterocycles. The van der Waals surface area contributed by atoms with Crippen LogP contribution < -0.4 is 10.5 Å². The van der Waals surface area contributed by atoms with Gasteiger partial charge in [-0.25, -0.2) is 4.98 Å². The first-order valence-electron chi connectivity index (χ1n) is 12.0. The quantitative estimate of drug-likeness (QED) is 0.692. The second kappa shape index (κ2) is 8.24. The van der Waals surface area contributed by atoms with Crippen molar-refractivity contribution in [2.75, 3.05) is 13.2 Å². The molecule has 0 spiro atoms. The van der Waals surface area contributed by atoms with Crippen molar-refractivity contribution in [2.24, 2.45) is 5.73 Å². The highest BCUT2D eigenvalue weighted by molar-refractivity contribution is 7.19. The Morgan fingerprint density at radius 3 is 2.75 bits per heavy atom. The topological polar surface area (TPSA) is 97.9 Å². The number of nitrogens with zero attached hydrogens (tertiary/aromatic N) is 2. The van der Waals surface area contributed by atoms with Gasteiger partial charge in [-0.15, -0.1) is 11.3 Å². The highest BCUT2D eigenvalue weighted by Crippen LogP contribution is 2.48. The van der Waals surface area contributed by atoms with Crippen LogP contribution in [0.1, 0.15) is 61.3 Å². The van der Waals surface area contributed by atoms with E-state index in [4.69, 9.17) is 15.2 Å². The summed E-state index contributed by atoms with van der Waals surface area (Å²) in [5.74, 6) is 0.379. The number of thiophene rings is 1. The summed E-state index contributed by atoms with van der Waals surface area (Å²) in [6.45, 7) is 1.80. The third-order valence-corrected chi connectivity index (χ3v) is 9.17. The average molecular weight is 458 g/mol. The number of carbonyl (C=O) groups excluding carboxylic acids is 1. The molecule has 4 aliphatic rings. The van der Waals surface area contributed by atoms with Gasteiger partial charge in [-0.1, -0.05) is 0 Å². The molecule has 0 unspecified atom stereocenters. The molecule has 0 radical (unpaired) electrons. The van der Waals surface area contributed by atoms with E-state index in [1.807, 2.05) is 12.3 Å². The van der Waals surface area contributed by atoms with Gasteiger partial charge in [0.15, 0.2) is 0 Å². The van der Waals surface area contributed by atoms with Gasteiger partial charge in [0.05, 0.1) is 24.7 Å². The van der Waals surface area contributed by atoms with Crippen molar-refractivity contribution in [1.82, 2.24) is 9.88 Å². The molecule has 172 valence electrons. The predicted octanol–water partition coefficient (Wildman–Crippen LogP) is 2.73. The molecule has 6 rings (SSSR count). The number of fused-ring (bicyclic) bond motifs is 5. The van der Waals surface area contributed by atoms with Crippen molar-refractivity contribution in [3.8, 4) is 5.75 Å². The van der Waals surface area contributed by atoms with Crippen molar-refractivity contribution >= 4 is 27.5 Å². The van der Waals surface area contributed by atoms with Crippen LogP contribution in [-0.4, -0.2) is 64.4 Å². The number of aliphatic hydroxyl groups is 1. The van der Waals surface area contributed by atoms with E-state index >= 15 is 0 Å². The van der Waals surface area contributed by atoms with Crippen LogP contribution >= 0.6 is 11.3 Å². The molecule has 1 saturated carbocycles. The largest absolute Gasteiger partial charge is 0.490 e. The first-order valence-corrected chi connectivity index (χ1v) is 12.8. The van der Waals surface area contributed by atoms with E-state index in [0.717, 1.165) is 54.9 Å². The molecule has 2 bridgehead atoms. The molecular formula is C24H31N3O4S. The van der Waals surface area contributed by atoms with Crippen LogP contribution in [-0.2, 0) is 16.0 Å². The minimum atomic E-state index is -1.11. The maximum absolute atomic E-state index is 11.4. The van der Waals surface area contributed by atoms with Crippen LogP contribution in [0.25, 0.3) is 10.2 Å². The normalized spacial score (nSPS) is 33.0. The molecule has 1 amide bonds. The van der Waals surface area contributed by atoms with Crippen LogP contribution in [0, 0.1) is 0 Å². The van der Waals surface area contributed by atoms with E-state index < -0.39 is 12.0 Å². The van der Waals surface area contributed by atoms with Crippen molar-refractivity contribution in [3.63, 3.8) is 0 Å². The van der Waals surface area contributed by atoms with Crippen molar-refractivity contribution in [1.29, 1.82) is 0 Å². The zero-order valence-electron chi connectivity index (χ0n) is 18.2. The Morgan fingerprint density at radius 2 is 2.03 bits per heavy atom. The summed E-state index contributed by atoms with van der Waals surface area (Å²) in [5.41, 5.74) is 6.54. The summed E-state index contributed by atoms with van der Waals surface area (Å²) in [6.07, 6.45) is 9.02. The highest BCUT2D eigenvalue weighted by Gasteiger charge is 2.46. The van der Waals surface area contributed by atoms with Crippen LogP contribution in [0.5, 0.6) is 5.75 Å². The number of morpholine rings is 1. The summed E-state index contributed by atoms with van der Waals surface area (Å²) in [7, 11) is 0. The monoisotopic (exact) mass is 457 g/mol. The summed E-state index contributed by atoms with van der Waals surface area (Å²) >= 11 is 1.72. The number of aryl methyl sites for hydroxylation is 1. The van der Waals surface area contributed by atoms with E-state index in [9.17, 15) is 9.90 Å². The number of carbonyl (C=O) groups is 1. The second-order valence-electron chi connectivity index (χ2n) is 9.89. The van der Waals surface area contributed by atoms with Crippen LogP contribution in [0.2, 0.25) is 0 Å². The molecule has 4 atom stereocenters. The number of pyridine rings is 1. The Morgan fingerprint density at radius 1 is 1.25 bits per heavy atom. The van der Waals surface area contributed by atoms with Crippen LogP contribution in [0.15, 0.2) is 12.3 Å². The lowest BCUT2D eigenvalue weighted by Gasteiger charge is -2.57. The molecule has 32 heavy (non-hydrogen) atoms. The van der Waals surface area contributed by atoms with Gasteiger partial charge in [-0.05, 0) is 68.9 Å². The Hall–Kier alpha value is -1.74. The summed E-state index contributed by atoms with van der Waals surface area (Å²) in [6, 6.07) is 3.93. The van der Waals surface area contributed by atoms with Gasteiger partial charge in [0.2, 0.25) is 5.91 Å². The fraction of sp³-hybridized carbons (Fsp3) is 0.667. The van der Waals surface area contributed by atoms with Crippen molar-refractivity contribution < 1.29 is 19.4 Å². The maximum Gasteiger partial charge on any atom is 0.246 e. The third-order valence-electron chi connectivity index (χ3n) is 8.00. The minimum absolute atomic E-state index is 0.122. The Bertz CT molecular complexity index is 1000. The third kappa shape index (κ3) is 3.52. The molecule has 2 saturated heterocycles. The number of hydrogen-bond donors (Lipinski definition) is 2. The molecule has 2 aromatic heterocycles. The van der Waals surface area contributed by atoms with Gasteiger partial charge < -0.3 is 20.3 Å². The summed E-state index contributed by atoms with van der Waals surface area (Å²) < 4.78 is 12.3. The van der Waals surface area contributed by atoms with Gasteiger partial charge in [0, 0.05) is 29.2 Å². The van der Waals surface area contributed by atoms with E-state index in [-0.39, 0.29) is 12.0 Å². The fourth-order valence-corrected chi connectivity index (χ4v) is 7.71. The Balaban J connectivity index is 1.18. The SMILES string of the molecule is NC(=O)[C@@H](O)C[C@H]1CCc2sc3nccc(OC4CCC(N5[C@@H]6COC[C@H]5C6)CC4)c3c21. The highest BCUT2D eigenvalue weighted by atomic mass is 32.1. The lowest BCUT2D eigenvalue weighted by Crippen LogP contribution is -2.67. The minimum Gasteiger partial charge on any atom is -0.490 e. The van der Waals surface area contributed by atoms with E-state index in [2.05, 4.69) is 9.88 Å². The van der Waals surface area contributed by atoms with E-state index in [1.54, 1.807) is 11.3 Å². The zero-order valence-corrected chi connectivity index (χ0v) is 19.1. The van der Waals surface area contributed by atoms with Crippen molar-refractivity contribution in [2.45, 2.75) is 87.6 Å². The number of nitrogens with two attached hydrogens (primary N) is 1. The molecule has 8 heteroatoms. The van der Waals surface area contributed by atoms with E-state index in [1.165, 1.54) is 29.7 Å². The molecule has 3 N–H and O–H groups in total. The molecule has 2 aliphatic heterocycles. The molecule has 2 aliphatic carbocycles. The molecule has 7 nitrogen and oxygen atoms in total. The second-order valence-corrected chi connectivity index (χ2v) is 11.0. The molecular weight excluding hydrogens is 426 g/mol. The number of rotatable bonds is 6. The fourth-order valence-electron chi connectivity index (χ4n) is 6.45. The van der Waals surface area contributed by atoms with Crippen LogP contribution in [0.4, 0.5) is 0 Å². The number of primary amides is 1. The smallest absolute Gasteiger partial charge is 0.246 e. The van der Waals surface area contributed by atoms with Crippen molar-refractivity contribution in [3.05, 3.63) is 22.7 Å². The standard InChI is InChI=1S/C24H31N3O4S/c25-23(29)18(28)9-13-1-6-20-21(13)22-19(7-8-26-24(22)32-20)31-17-4-2-14(3-5-17)27-15-10-16(27)12-30-11-15/h7-8,13-18,28H,1-6,9-12H2,(H2,25,29)/t13-,14?,15-,16+,17?,18+/m1/s1. The number of hydrogen-bond acceptors (Lipinski definition) is 7. The van der Waals surface area contributed by atoms with Gasteiger partial charge >= 0.3 is 0 Å². The maximum atomic E-state index is 11.4. The van der Waals surface area contributed by atoms with Gasteiger partial charge in [-0.2, -0.15) is 0 Å². The molecule has 0 aromatic carbocycles. The Labute approximate surface area is 191 Å². The first-order chi connectivity index (χ1) is 15.6. The van der Waals surface area contributed by atoms with Gasteiger partial charge in [0.25, 0.3) is 0 Å². The van der Waals surface area contributed by atoms with Crippen LogP contribution in [0.3, 0.4) is 0 Å². The molecule has 2 aromatic rings. The van der Waals surface area contributed by atoms with Gasteiger partial charge in [0.1, 0.15) is 16.7 Å².